The highest BCUT2D eigenvalue weighted by Crippen LogP contribution is 2.41. The summed E-state index contributed by atoms with van der Waals surface area (Å²) in [4.78, 5) is 12.4. The number of nitrogens with zero attached hydrogens (tertiary/aromatic N) is 1. The van der Waals surface area contributed by atoms with E-state index in [1.165, 1.54) is 11.4 Å². The molecule has 144 valence electrons. The third-order valence-corrected chi connectivity index (χ3v) is 6.65. The summed E-state index contributed by atoms with van der Waals surface area (Å²) in [5.74, 6) is -0.213. The number of rotatable bonds is 5. The van der Waals surface area contributed by atoms with Crippen LogP contribution >= 0.6 is 0 Å². The molecule has 0 spiro atoms. The van der Waals surface area contributed by atoms with Gasteiger partial charge in [-0.3, -0.25) is 9.10 Å². The number of carbonyl (C=O) groups excluding carboxylic acids is 1. The zero-order valence-electron chi connectivity index (χ0n) is 15.6. The second-order valence-corrected chi connectivity index (χ2v) is 8.24. The van der Waals surface area contributed by atoms with Crippen molar-refractivity contribution in [3.05, 3.63) is 54.1 Å². The van der Waals surface area contributed by atoms with Gasteiger partial charge in [0.05, 0.1) is 30.2 Å². The van der Waals surface area contributed by atoms with Crippen LogP contribution in [0.3, 0.4) is 0 Å². The Morgan fingerprint density at radius 1 is 1.15 bits per heavy atom. The Morgan fingerprint density at radius 3 is 2.44 bits per heavy atom. The molecule has 0 saturated heterocycles. The highest BCUT2D eigenvalue weighted by Gasteiger charge is 2.40. The summed E-state index contributed by atoms with van der Waals surface area (Å²) in [5.41, 5.74) is 1.18. The molecule has 2 unspecified atom stereocenters. The number of methoxy groups -OCH3 is 1. The monoisotopic (exact) mass is 389 g/mol. The fourth-order valence-corrected chi connectivity index (χ4v) is 5.20. The maximum absolute atomic E-state index is 13.3. The van der Waals surface area contributed by atoms with E-state index >= 15 is 0 Å². The Labute approximate surface area is 159 Å². The number of hydrogen-bond acceptors (Lipinski definition) is 5. The molecule has 0 fully saturated rings. The van der Waals surface area contributed by atoms with Crippen molar-refractivity contribution in [2.45, 2.75) is 37.1 Å². The number of esters is 1. The predicted molar refractivity (Wildman–Crippen MR) is 103 cm³/mol. The van der Waals surface area contributed by atoms with Crippen LogP contribution in [0.2, 0.25) is 0 Å². The van der Waals surface area contributed by atoms with E-state index in [-0.39, 0.29) is 16.9 Å². The maximum atomic E-state index is 13.3. The van der Waals surface area contributed by atoms with E-state index in [1.54, 1.807) is 55.5 Å². The van der Waals surface area contributed by atoms with E-state index in [1.807, 2.05) is 6.92 Å². The molecule has 3 rings (SSSR count). The lowest BCUT2D eigenvalue weighted by molar-refractivity contribution is -0.142. The average Bonchev–Trinajstić information content (AvgIpc) is 2.67. The fourth-order valence-electron chi connectivity index (χ4n) is 3.50. The maximum Gasteiger partial charge on any atom is 0.313 e. The Balaban J connectivity index is 2.05. The minimum absolute atomic E-state index is 0.184. The summed E-state index contributed by atoms with van der Waals surface area (Å²) in [6, 6.07) is 13.1. The van der Waals surface area contributed by atoms with Crippen LogP contribution in [0.25, 0.3) is 0 Å². The van der Waals surface area contributed by atoms with Gasteiger partial charge in [-0.05, 0) is 56.2 Å². The summed E-state index contributed by atoms with van der Waals surface area (Å²) in [6.45, 7) is 4.18. The van der Waals surface area contributed by atoms with Crippen LogP contribution in [0.15, 0.2) is 53.4 Å². The van der Waals surface area contributed by atoms with E-state index in [0.29, 0.717) is 30.0 Å². The minimum atomic E-state index is -3.79. The van der Waals surface area contributed by atoms with Crippen LogP contribution in [0.1, 0.15) is 31.7 Å². The first-order valence-electron chi connectivity index (χ1n) is 8.84. The molecule has 1 aliphatic heterocycles. The summed E-state index contributed by atoms with van der Waals surface area (Å²) in [7, 11) is -2.44. The summed E-state index contributed by atoms with van der Waals surface area (Å²) < 4.78 is 38.4. The van der Waals surface area contributed by atoms with Gasteiger partial charge in [0.1, 0.15) is 5.75 Å². The molecule has 0 radical (unpaired) electrons. The number of ether oxygens (including phenoxy) is 2. The Kier molecular flexibility index (Phi) is 5.41. The van der Waals surface area contributed by atoms with Crippen LogP contribution in [0.5, 0.6) is 5.75 Å². The summed E-state index contributed by atoms with van der Waals surface area (Å²) in [5, 5.41) is 0. The first kappa shape index (κ1) is 19.2. The van der Waals surface area contributed by atoms with Crippen molar-refractivity contribution < 1.29 is 22.7 Å². The molecular formula is C20H23NO5S. The van der Waals surface area contributed by atoms with E-state index in [0.717, 1.165) is 0 Å². The van der Waals surface area contributed by atoms with Crippen molar-refractivity contribution in [3.8, 4) is 5.75 Å². The van der Waals surface area contributed by atoms with Crippen LogP contribution in [0, 0.1) is 0 Å². The SMILES string of the molecule is CCOc1ccc(S(=O)(=O)N2c3ccccc3C(C(=O)OC)CC2C)cc1. The quantitative estimate of drug-likeness (QED) is 0.734. The van der Waals surface area contributed by atoms with Crippen molar-refractivity contribution in [3.63, 3.8) is 0 Å². The summed E-state index contributed by atoms with van der Waals surface area (Å²) >= 11 is 0. The molecule has 0 aliphatic carbocycles. The van der Waals surface area contributed by atoms with Gasteiger partial charge in [0.15, 0.2) is 0 Å². The third kappa shape index (κ3) is 3.51. The molecule has 1 aliphatic rings. The summed E-state index contributed by atoms with van der Waals surface area (Å²) in [6.07, 6.45) is 0.361. The second kappa shape index (κ2) is 7.60. The molecule has 7 heteroatoms. The van der Waals surface area contributed by atoms with Crippen molar-refractivity contribution in [1.29, 1.82) is 0 Å². The normalized spacial score (nSPS) is 19.3. The van der Waals surface area contributed by atoms with E-state index < -0.39 is 15.9 Å². The molecule has 2 aromatic rings. The number of anilines is 1. The highest BCUT2D eigenvalue weighted by atomic mass is 32.2. The van der Waals surface area contributed by atoms with Gasteiger partial charge < -0.3 is 9.47 Å². The van der Waals surface area contributed by atoms with Crippen molar-refractivity contribution in [2.75, 3.05) is 18.0 Å². The lowest BCUT2D eigenvalue weighted by atomic mass is 9.87. The molecule has 27 heavy (non-hydrogen) atoms. The highest BCUT2D eigenvalue weighted by molar-refractivity contribution is 7.92. The number of hydrogen-bond donors (Lipinski definition) is 0. The predicted octanol–water partition coefficient (Wildman–Crippen LogP) is 3.33. The Morgan fingerprint density at radius 2 is 1.81 bits per heavy atom. The van der Waals surface area contributed by atoms with Gasteiger partial charge in [0.2, 0.25) is 0 Å². The molecular weight excluding hydrogens is 366 g/mol. The number of benzene rings is 2. The van der Waals surface area contributed by atoms with Crippen LogP contribution in [0.4, 0.5) is 5.69 Å². The zero-order chi connectivity index (χ0) is 19.6. The number of fused-ring (bicyclic) bond motifs is 1. The smallest absolute Gasteiger partial charge is 0.313 e. The average molecular weight is 389 g/mol. The Bertz CT molecular complexity index is 924. The first-order valence-corrected chi connectivity index (χ1v) is 10.3. The fraction of sp³-hybridized carbons (Fsp3) is 0.350. The number of para-hydroxylation sites is 1. The second-order valence-electron chi connectivity index (χ2n) is 6.42. The van der Waals surface area contributed by atoms with Gasteiger partial charge in [-0.15, -0.1) is 0 Å². The van der Waals surface area contributed by atoms with Crippen LogP contribution in [-0.2, 0) is 19.6 Å². The molecule has 0 amide bonds. The van der Waals surface area contributed by atoms with E-state index in [2.05, 4.69) is 0 Å². The molecule has 0 saturated carbocycles. The standard InChI is InChI=1S/C20H23NO5S/c1-4-26-15-9-11-16(12-10-15)27(23,24)21-14(2)13-18(20(22)25-3)17-7-5-6-8-19(17)21/h5-12,14,18H,4,13H2,1-3H3. The first-order chi connectivity index (χ1) is 12.9. The van der Waals surface area contributed by atoms with Crippen molar-refractivity contribution in [2.24, 2.45) is 0 Å². The molecule has 2 aromatic carbocycles. The lowest BCUT2D eigenvalue weighted by Gasteiger charge is -2.38. The van der Waals surface area contributed by atoms with E-state index in [9.17, 15) is 13.2 Å². The van der Waals surface area contributed by atoms with Gasteiger partial charge in [-0.25, -0.2) is 8.42 Å². The van der Waals surface area contributed by atoms with Gasteiger partial charge in [-0.1, -0.05) is 18.2 Å². The molecule has 0 N–H and O–H groups in total. The minimum Gasteiger partial charge on any atom is -0.494 e. The van der Waals surface area contributed by atoms with Crippen molar-refractivity contribution >= 4 is 21.7 Å². The number of carbonyl (C=O) groups is 1. The molecule has 2 atom stereocenters. The molecule has 0 aromatic heterocycles. The largest absolute Gasteiger partial charge is 0.494 e. The molecule has 1 heterocycles. The van der Waals surface area contributed by atoms with Crippen molar-refractivity contribution in [1.82, 2.24) is 0 Å². The molecule has 0 bridgehead atoms. The van der Waals surface area contributed by atoms with Gasteiger partial charge >= 0.3 is 5.97 Å². The topological polar surface area (TPSA) is 72.9 Å². The molecule has 6 nitrogen and oxygen atoms in total. The van der Waals surface area contributed by atoms with Gasteiger partial charge in [0, 0.05) is 6.04 Å². The zero-order valence-corrected chi connectivity index (χ0v) is 16.4. The number of sulfonamides is 1. The lowest BCUT2D eigenvalue weighted by Crippen LogP contribution is -2.44. The van der Waals surface area contributed by atoms with Crippen LogP contribution in [-0.4, -0.2) is 34.1 Å². The van der Waals surface area contributed by atoms with E-state index in [4.69, 9.17) is 9.47 Å². The van der Waals surface area contributed by atoms with Gasteiger partial charge in [0.25, 0.3) is 10.0 Å². The van der Waals surface area contributed by atoms with Crippen LogP contribution < -0.4 is 9.04 Å². The third-order valence-electron chi connectivity index (χ3n) is 4.70. The Hall–Kier alpha value is -2.54. The van der Waals surface area contributed by atoms with Gasteiger partial charge in [-0.2, -0.15) is 0 Å².